The molecular weight excluding hydrogens is 316 g/mol. The molecule has 1 aliphatic rings. The van der Waals surface area contributed by atoms with E-state index in [4.69, 9.17) is 0 Å². The minimum absolute atomic E-state index is 0.0170. The van der Waals surface area contributed by atoms with Gasteiger partial charge in [0.05, 0.1) is 10.5 Å². The van der Waals surface area contributed by atoms with Crippen molar-refractivity contribution in [2.24, 2.45) is 0 Å². The van der Waals surface area contributed by atoms with Crippen molar-refractivity contribution in [2.75, 3.05) is 25.9 Å². The van der Waals surface area contributed by atoms with Crippen molar-refractivity contribution < 1.29 is 18.0 Å². The van der Waals surface area contributed by atoms with Crippen LogP contribution in [0.25, 0.3) is 0 Å². The number of likely N-dealkylation sites (tertiary alicyclic amines) is 1. The van der Waals surface area contributed by atoms with Gasteiger partial charge in [-0.1, -0.05) is 18.6 Å². The second-order valence-corrected chi connectivity index (χ2v) is 7.70. The molecule has 23 heavy (non-hydrogen) atoms. The van der Waals surface area contributed by atoms with Crippen LogP contribution in [-0.4, -0.2) is 51.0 Å². The second-order valence-electron chi connectivity index (χ2n) is 5.72. The SMILES string of the molecule is CS(=O)(=O)c1ccccc1C(=O)NCCN1CCCCCC1=O. The summed E-state index contributed by atoms with van der Waals surface area (Å²) >= 11 is 0. The highest BCUT2D eigenvalue weighted by Crippen LogP contribution is 2.15. The maximum Gasteiger partial charge on any atom is 0.252 e. The fourth-order valence-corrected chi connectivity index (χ4v) is 3.54. The molecule has 2 amide bonds. The molecule has 1 N–H and O–H groups in total. The van der Waals surface area contributed by atoms with E-state index in [0.717, 1.165) is 25.5 Å². The smallest absolute Gasteiger partial charge is 0.252 e. The van der Waals surface area contributed by atoms with E-state index < -0.39 is 15.7 Å². The Morgan fingerprint density at radius 1 is 1.22 bits per heavy atom. The maximum absolute atomic E-state index is 12.2. The zero-order valence-electron chi connectivity index (χ0n) is 13.2. The van der Waals surface area contributed by atoms with Crippen molar-refractivity contribution in [3.05, 3.63) is 29.8 Å². The van der Waals surface area contributed by atoms with Crippen LogP contribution in [0, 0.1) is 0 Å². The molecule has 0 atom stereocenters. The topological polar surface area (TPSA) is 83.6 Å². The van der Waals surface area contributed by atoms with Crippen molar-refractivity contribution in [1.29, 1.82) is 0 Å². The molecule has 0 radical (unpaired) electrons. The second kappa shape index (κ2) is 7.59. The molecule has 0 aliphatic carbocycles. The molecule has 6 nitrogen and oxygen atoms in total. The zero-order valence-corrected chi connectivity index (χ0v) is 14.1. The van der Waals surface area contributed by atoms with Crippen molar-refractivity contribution in [2.45, 2.75) is 30.6 Å². The largest absolute Gasteiger partial charge is 0.350 e. The predicted octanol–water partition coefficient (Wildman–Crippen LogP) is 1.22. The van der Waals surface area contributed by atoms with Crippen LogP contribution in [0.4, 0.5) is 0 Å². The van der Waals surface area contributed by atoms with Crippen LogP contribution < -0.4 is 5.32 Å². The van der Waals surface area contributed by atoms with Crippen molar-refractivity contribution in [3.8, 4) is 0 Å². The third kappa shape index (κ3) is 4.79. The highest BCUT2D eigenvalue weighted by molar-refractivity contribution is 7.90. The Hall–Kier alpha value is -1.89. The van der Waals surface area contributed by atoms with E-state index >= 15 is 0 Å². The van der Waals surface area contributed by atoms with Gasteiger partial charge in [-0.15, -0.1) is 0 Å². The molecular formula is C16H22N2O4S. The molecule has 1 aromatic carbocycles. The first-order valence-corrected chi connectivity index (χ1v) is 9.64. The Balaban J connectivity index is 1.97. The summed E-state index contributed by atoms with van der Waals surface area (Å²) in [6, 6.07) is 6.12. The summed E-state index contributed by atoms with van der Waals surface area (Å²) in [7, 11) is -3.46. The monoisotopic (exact) mass is 338 g/mol. The first kappa shape index (κ1) is 17.5. The Labute approximate surface area is 136 Å². The third-order valence-corrected chi connectivity index (χ3v) is 5.02. The van der Waals surface area contributed by atoms with E-state index in [-0.39, 0.29) is 16.4 Å². The molecule has 0 bridgehead atoms. The molecule has 7 heteroatoms. The Kier molecular flexibility index (Phi) is 5.76. The summed E-state index contributed by atoms with van der Waals surface area (Å²) in [5, 5.41) is 2.70. The van der Waals surface area contributed by atoms with Crippen LogP contribution in [-0.2, 0) is 14.6 Å². The number of carbonyl (C=O) groups is 2. The fourth-order valence-electron chi connectivity index (χ4n) is 2.65. The summed E-state index contributed by atoms with van der Waals surface area (Å²) in [5.41, 5.74) is 0.136. The van der Waals surface area contributed by atoms with Gasteiger partial charge in [0.15, 0.2) is 9.84 Å². The van der Waals surface area contributed by atoms with Gasteiger partial charge < -0.3 is 10.2 Å². The molecule has 126 valence electrons. The average Bonchev–Trinajstić information content (AvgIpc) is 2.71. The molecule has 0 unspecified atom stereocenters. The highest BCUT2D eigenvalue weighted by atomic mass is 32.2. The standard InChI is InChI=1S/C16H22N2O4S/c1-23(21,22)14-8-5-4-7-13(14)16(20)17-10-12-18-11-6-2-3-9-15(18)19/h4-5,7-8H,2-3,6,9-12H2,1H3,(H,17,20). The number of sulfone groups is 1. The number of hydrogen-bond donors (Lipinski definition) is 1. The number of amides is 2. The minimum Gasteiger partial charge on any atom is -0.350 e. The Morgan fingerprint density at radius 2 is 1.96 bits per heavy atom. The van der Waals surface area contributed by atoms with Gasteiger partial charge in [0, 0.05) is 32.3 Å². The van der Waals surface area contributed by atoms with Crippen LogP contribution in [0.15, 0.2) is 29.2 Å². The number of nitrogens with one attached hydrogen (secondary N) is 1. The predicted molar refractivity (Wildman–Crippen MR) is 86.9 cm³/mol. The number of nitrogens with zero attached hydrogens (tertiary/aromatic N) is 1. The summed E-state index contributed by atoms with van der Waals surface area (Å²) in [6.45, 7) is 1.48. The number of carbonyl (C=O) groups excluding carboxylic acids is 2. The normalized spacial score (nSPS) is 16.0. The summed E-state index contributed by atoms with van der Waals surface area (Å²) in [4.78, 5) is 25.9. The molecule has 1 heterocycles. The van der Waals surface area contributed by atoms with E-state index in [0.29, 0.717) is 26.1 Å². The maximum atomic E-state index is 12.2. The number of rotatable bonds is 5. The van der Waals surface area contributed by atoms with Crippen molar-refractivity contribution >= 4 is 21.7 Å². The first-order valence-electron chi connectivity index (χ1n) is 7.74. The van der Waals surface area contributed by atoms with E-state index in [9.17, 15) is 18.0 Å². The van der Waals surface area contributed by atoms with E-state index in [1.807, 2.05) is 0 Å². The number of benzene rings is 1. The lowest BCUT2D eigenvalue weighted by Gasteiger charge is -2.20. The molecule has 2 rings (SSSR count). The summed E-state index contributed by atoms with van der Waals surface area (Å²) in [6.07, 6.45) is 4.59. The van der Waals surface area contributed by atoms with Gasteiger partial charge in [0.2, 0.25) is 5.91 Å². The summed E-state index contributed by atoms with van der Waals surface area (Å²) < 4.78 is 23.5. The lowest BCUT2D eigenvalue weighted by Crippen LogP contribution is -2.38. The average molecular weight is 338 g/mol. The molecule has 0 spiro atoms. The van der Waals surface area contributed by atoms with Gasteiger partial charge in [-0.25, -0.2) is 8.42 Å². The van der Waals surface area contributed by atoms with Crippen LogP contribution >= 0.6 is 0 Å². The molecule has 0 saturated carbocycles. The van der Waals surface area contributed by atoms with Gasteiger partial charge in [0.1, 0.15) is 0 Å². The minimum atomic E-state index is -3.46. The van der Waals surface area contributed by atoms with Gasteiger partial charge >= 0.3 is 0 Å². The lowest BCUT2D eigenvalue weighted by atomic mass is 10.2. The molecule has 1 saturated heterocycles. The molecule has 1 fully saturated rings. The van der Waals surface area contributed by atoms with Crippen molar-refractivity contribution in [1.82, 2.24) is 10.2 Å². The third-order valence-electron chi connectivity index (χ3n) is 3.87. The Bertz CT molecular complexity index is 685. The molecule has 0 aromatic heterocycles. The molecule has 1 aromatic rings. The lowest BCUT2D eigenvalue weighted by molar-refractivity contribution is -0.130. The van der Waals surface area contributed by atoms with Gasteiger partial charge in [-0.3, -0.25) is 9.59 Å². The summed E-state index contributed by atoms with van der Waals surface area (Å²) in [5.74, 6) is -0.318. The van der Waals surface area contributed by atoms with E-state index in [1.54, 1.807) is 17.0 Å². The molecule has 1 aliphatic heterocycles. The van der Waals surface area contributed by atoms with Crippen LogP contribution in [0.5, 0.6) is 0 Å². The van der Waals surface area contributed by atoms with Gasteiger partial charge in [-0.05, 0) is 25.0 Å². The van der Waals surface area contributed by atoms with Crippen LogP contribution in [0.3, 0.4) is 0 Å². The number of hydrogen-bond acceptors (Lipinski definition) is 4. The Morgan fingerprint density at radius 3 is 2.70 bits per heavy atom. The highest BCUT2D eigenvalue weighted by Gasteiger charge is 2.19. The van der Waals surface area contributed by atoms with E-state index in [1.165, 1.54) is 12.1 Å². The quantitative estimate of drug-likeness (QED) is 0.875. The van der Waals surface area contributed by atoms with E-state index in [2.05, 4.69) is 5.32 Å². The zero-order chi connectivity index (χ0) is 16.9. The first-order chi connectivity index (χ1) is 10.9. The van der Waals surface area contributed by atoms with Crippen LogP contribution in [0.2, 0.25) is 0 Å². The van der Waals surface area contributed by atoms with Gasteiger partial charge in [0.25, 0.3) is 5.91 Å². The fraction of sp³-hybridized carbons (Fsp3) is 0.500. The van der Waals surface area contributed by atoms with Crippen LogP contribution in [0.1, 0.15) is 36.0 Å². The van der Waals surface area contributed by atoms with Crippen molar-refractivity contribution in [3.63, 3.8) is 0 Å². The van der Waals surface area contributed by atoms with Gasteiger partial charge in [-0.2, -0.15) is 0 Å².